The van der Waals surface area contributed by atoms with E-state index in [1.807, 2.05) is 0 Å². The Hall–Kier alpha value is -3.20. The van der Waals surface area contributed by atoms with Crippen LogP contribution in [0, 0.1) is 11.6 Å². The summed E-state index contributed by atoms with van der Waals surface area (Å²) in [6.07, 6.45) is 3.76. The van der Waals surface area contributed by atoms with E-state index in [0.29, 0.717) is 12.3 Å². The molecule has 1 N–H and O–H groups in total. The van der Waals surface area contributed by atoms with Gasteiger partial charge in [-0.05, 0) is 30.3 Å². The van der Waals surface area contributed by atoms with E-state index in [4.69, 9.17) is 13.9 Å². The van der Waals surface area contributed by atoms with Crippen LogP contribution in [0.25, 0.3) is 6.08 Å². The molecule has 3 rings (SSSR count). The Morgan fingerprint density at radius 3 is 2.97 bits per heavy atom. The van der Waals surface area contributed by atoms with Gasteiger partial charge in [0.15, 0.2) is 11.6 Å². The van der Waals surface area contributed by atoms with Gasteiger partial charge >= 0.3 is 0 Å². The highest BCUT2D eigenvalue weighted by atomic mass is 19.1. The summed E-state index contributed by atoms with van der Waals surface area (Å²) in [4.78, 5) is 25.6. The number of benzene rings is 1. The van der Waals surface area contributed by atoms with Gasteiger partial charge in [0, 0.05) is 18.7 Å². The highest BCUT2D eigenvalue weighted by Gasteiger charge is 2.25. The Labute approximate surface area is 165 Å². The molecule has 0 bridgehead atoms. The molecule has 2 amide bonds. The molecule has 2 aromatic rings. The Morgan fingerprint density at radius 1 is 1.31 bits per heavy atom. The van der Waals surface area contributed by atoms with Gasteiger partial charge in [-0.25, -0.2) is 8.78 Å². The van der Waals surface area contributed by atoms with Crippen molar-refractivity contribution >= 4 is 17.9 Å². The average molecular weight is 406 g/mol. The number of hydrogen-bond donors (Lipinski definition) is 1. The lowest BCUT2D eigenvalue weighted by molar-refractivity contribution is -0.140. The number of carbonyl (C=O) groups excluding carboxylic acids is 2. The van der Waals surface area contributed by atoms with E-state index in [2.05, 4.69) is 5.32 Å². The monoisotopic (exact) mass is 406 g/mol. The van der Waals surface area contributed by atoms with E-state index in [0.717, 1.165) is 18.2 Å². The molecular weight excluding hydrogens is 386 g/mol. The molecular formula is C20H20F2N2O5. The second-order valence-corrected chi connectivity index (χ2v) is 6.28. The van der Waals surface area contributed by atoms with E-state index >= 15 is 0 Å². The van der Waals surface area contributed by atoms with Crippen molar-refractivity contribution in [3.8, 4) is 5.75 Å². The van der Waals surface area contributed by atoms with Gasteiger partial charge in [0.1, 0.15) is 24.3 Å². The molecule has 1 aliphatic heterocycles. The van der Waals surface area contributed by atoms with Gasteiger partial charge in [-0.3, -0.25) is 9.59 Å². The number of carbonyl (C=O) groups is 2. The number of amides is 2. The molecule has 0 radical (unpaired) electrons. The van der Waals surface area contributed by atoms with Crippen molar-refractivity contribution in [2.75, 3.05) is 32.8 Å². The number of nitrogens with one attached hydrogen (secondary N) is 1. The molecule has 1 aromatic carbocycles. The number of halogens is 2. The second kappa shape index (κ2) is 9.83. The zero-order valence-corrected chi connectivity index (χ0v) is 15.5. The Morgan fingerprint density at radius 2 is 2.17 bits per heavy atom. The normalized spacial score (nSPS) is 16.8. The van der Waals surface area contributed by atoms with Crippen molar-refractivity contribution in [2.24, 2.45) is 0 Å². The summed E-state index contributed by atoms with van der Waals surface area (Å²) < 4.78 is 42.7. The van der Waals surface area contributed by atoms with Crippen LogP contribution in [-0.2, 0) is 14.3 Å². The van der Waals surface area contributed by atoms with Crippen LogP contribution in [0.15, 0.2) is 47.1 Å². The van der Waals surface area contributed by atoms with Gasteiger partial charge in [0.05, 0.1) is 26.0 Å². The standard InChI is InChI=1S/C20H20F2N2O5/c21-14-3-5-17(22)18(10-14)29-13-16-12-24(7-9-28-16)20(26)11-23-19(25)6-4-15-2-1-8-27-15/h1-6,8,10,16H,7,9,11-13H2,(H,23,25)/b6-4-. The minimum Gasteiger partial charge on any atom is -0.488 e. The summed E-state index contributed by atoms with van der Waals surface area (Å²) in [6, 6.07) is 6.32. The van der Waals surface area contributed by atoms with E-state index in [1.165, 1.54) is 23.3 Å². The average Bonchev–Trinajstić information content (AvgIpc) is 3.25. The third-order valence-electron chi connectivity index (χ3n) is 4.17. The molecule has 1 unspecified atom stereocenters. The summed E-state index contributed by atoms with van der Waals surface area (Å²) in [5.74, 6) is -1.69. The molecule has 29 heavy (non-hydrogen) atoms. The number of hydrogen-bond acceptors (Lipinski definition) is 5. The fraction of sp³-hybridized carbons (Fsp3) is 0.300. The van der Waals surface area contributed by atoms with Crippen LogP contribution in [0.5, 0.6) is 5.75 Å². The van der Waals surface area contributed by atoms with Gasteiger partial charge in [-0.2, -0.15) is 0 Å². The predicted molar refractivity (Wildman–Crippen MR) is 98.9 cm³/mol. The lowest BCUT2D eigenvalue weighted by Crippen LogP contribution is -2.50. The maximum absolute atomic E-state index is 13.6. The third kappa shape index (κ3) is 6.15. The molecule has 7 nitrogen and oxygen atoms in total. The molecule has 0 saturated carbocycles. The van der Waals surface area contributed by atoms with Crippen molar-refractivity contribution in [1.29, 1.82) is 0 Å². The maximum Gasteiger partial charge on any atom is 0.244 e. The first-order chi connectivity index (χ1) is 14.0. The first-order valence-electron chi connectivity index (χ1n) is 8.98. The second-order valence-electron chi connectivity index (χ2n) is 6.28. The van der Waals surface area contributed by atoms with Crippen molar-refractivity contribution in [1.82, 2.24) is 10.2 Å². The lowest BCUT2D eigenvalue weighted by Gasteiger charge is -2.32. The quantitative estimate of drug-likeness (QED) is 0.712. The number of furan rings is 1. The molecule has 9 heteroatoms. The number of rotatable bonds is 7. The van der Waals surface area contributed by atoms with Crippen LogP contribution < -0.4 is 10.1 Å². The molecule has 0 aliphatic carbocycles. The van der Waals surface area contributed by atoms with Crippen LogP contribution in [-0.4, -0.2) is 55.7 Å². The van der Waals surface area contributed by atoms with Crippen LogP contribution in [0.2, 0.25) is 0 Å². The topological polar surface area (TPSA) is 81.0 Å². The number of morpholine rings is 1. The smallest absolute Gasteiger partial charge is 0.244 e. The first kappa shape index (κ1) is 20.5. The molecule has 2 heterocycles. The van der Waals surface area contributed by atoms with Gasteiger partial charge in [-0.15, -0.1) is 0 Å². The molecule has 1 fully saturated rings. The zero-order valence-electron chi connectivity index (χ0n) is 15.5. The summed E-state index contributed by atoms with van der Waals surface area (Å²) in [6.45, 7) is 0.642. The van der Waals surface area contributed by atoms with E-state index < -0.39 is 23.6 Å². The number of ether oxygens (including phenoxy) is 2. The summed E-state index contributed by atoms with van der Waals surface area (Å²) in [7, 11) is 0. The highest BCUT2D eigenvalue weighted by Crippen LogP contribution is 2.19. The Kier molecular flexibility index (Phi) is 6.96. The zero-order chi connectivity index (χ0) is 20.6. The summed E-state index contributed by atoms with van der Waals surface area (Å²) in [5, 5.41) is 2.51. The van der Waals surface area contributed by atoms with Crippen LogP contribution in [0.3, 0.4) is 0 Å². The van der Waals surface area contributed by atoms with Crippen molar-refractivity contribution in [3.05, 3.63) is 60.1 Å². The fourth-order valence-corrected chi connectivity index (χ4v) is 2.69. The van der Waals surface area contributed by atoms with Crippen LogP contribution >= 0.6 is 0 Å². The molecule has 0 spiro atoms. The van der Waals surface area contributed by atoms with Gasteiger partial charge < -0.3 is 24.1 Å². The first-order valence-corrected chi connectivity index (χ1v) is 8.98. The molecule has 154 valence electrons. The molecule has 1 saturated heterocycles. The Balaban J connectivity index is 1.44. The van der Waals surface area contributed by atoms with Crippen molar-refractivity contribution in [3.63, 3.8) is 0 Å². The SMILES string of the molecule is O=C(/C=C\c1ccco1)NCC(=O)N1CCOC(COc2cc(F)ccc2F)C1. The van der Waals surface area contributed by atoms with Crippen molar-refractivity contribution in [2.45, 2.75) is 6.10 Å². The molecule has 1 aromatic heterocycles. The van der Waals surface area contributed by atoms with E-state index in [-0.39, 0.29) is 38.0 Å². The minimum atomic E-state index is -0.680. The molecule has 1 atom stereocenters. The number of nitrogens with zero attached hydrogens (tertiary/aromatic N) is 1. The highest BCUT2D eigenvalue weighted by molar-refractivity contribution is 5.94. The van der Waals surface area contributed by atoms with Crippen LogP contribution in [0.1, 0.15) is 5.76 Å². The summed E-state index contributed by atoms with van der Waals surface area (Å²) in [5.41, 5.74) is 0. The molecule has 1 aliphatic rings. The van der Waals surface area contributed by atoms with Gasteiger partial charge in [0.25, 0.3) is 0 Å². The van der Waals surface area contributed by atoms with E-state index in [1.54, 1.807) is 12.1 Å². The minimum absolute atomic E-state index is 0.0393. The van der Waals surface area contributed by atoms with Crippen molar-refractivity contribution < 1.29 is 32.3 Å². The third-order valence-corrected chi connectivity index (χ3v) is 4.17. The summed E-state index contributed by atoms with van der Waals surface area (Å²) >= 11 is 0. The fourth-order valence-electron chi connectivity index (χ4n) is 2.69. The predicted octanol–water partition coefficient (Wildman–Crippen LogP) is 1.99. The van der Waals surface area contributed by atoms with E-state index in [9.17, 15) is 18.4 Å². The largest absolute Gasteiger partial charge is 0.488 e. The van der Waals surface area contributed by atoms with Gasteiger partial charge in [0.2, 0.25) is 11.8 Å². The van der Waals surface area contributed by atoms with Crippen LogP contribution in [0.4, 0.5) is 8.78 Å². The lowest BCUT2D eigenvalue weighted by atomic mass is 10.2. The Bertz CT molecular complexity index is 870. The van der Waals surface area contributed by atoms with Gasteiger partial charge in [-0.1, -0.05) is 0 Å². The maximum atomic E-state index is 13.6.